The van der Waals surface area contributed by atoms with Gasteiger partial charge >= 0.3 is 851 Å². The van der Waals surface area contributed by atoms with Crippen molar-refractivity contribution in [1.82, 2.24) is 0 Å². The van der Waals surface area contributed by atoms with Gasteiger partial charge < -0.3 is 0 Å². The summed E-state index contributed by atoms with van der Waals surface area (Å²) < 4.78 is 3.02. The van der Waals surface area contributed by atoms with E-state index in [1.54, 1.807) is 0 Å². The van der Waals surface area contributed by atoms with Crippen LogP contribution in [0.3, 0.4) is 0 Å². The fourth-order valence-corrected chi connectivity index (χ4v) is 57.5. The summed E-state index contributed by atoms with van der Waals surface area (Å²) in [4.78, 5) is 0. The first-order chi connectivity index (χ1) is 64.8. The fraction of sp³-hybridized carbons (Fsp3) is 0.364. The summed E-state index contributed by atoms with van der Waals surface area (Å²) >= 11 is 0.363. The van der Waals surface area contributed by atoms with Gasteiger partial charge in [0.2, 0.25) is 0 Å². The van der Waals surface area contributed by atoms with Crippen molar-refractivity contribution >= 4 is 57.8 Å². The Morgan fingerprint density at radius 2 is 0.221 bits per heavy atom. The van der Waals surface area contributed by atoms with E-state index in [0.717, 1.165) is 0 Å². The zero-order valence-electron chi connectivity index (χ0n) is 88.1. The van der Waals surface area contributed by atoms with E-state index in [0.29, 0.717) is 94.7 Å². The molecule has 0 atom stereocenters. The molecule has 0 unspecified atom stereocenters. The number of hydrogen-bond acceptors (Lipinski definition) is 0. The molecule has 136 heavy (non-hydrogen) atoms. The number of hydrogen-bond donors (Lipinski definition) is 0. The standard InChI is InChI=1S/C132H154Se4/c1-75(2)103-43-33-44-104(76(3)4)123(103)95-63-91(64-96(71-95)124-105(77(5)6)45-34-46-106(124)78(7)8)119-59-41-60-120(92-65-97(125-107(79(9)10)47-35-48-108(125)80(11)12)72-98(66-92)126-109(81(13)14)49-36-50-110(126)82(15)16)131(119)133-135-136-134-132-121(93-67-99(127-111(83(17)18)51-37-52-112(127)84(19)20)73-100(68-93)128-113(85(21)22)53-38-54-114(128)86(23)24)61-42-62-122(132)94-69-101(129-115(87(25)26)55-39-56-116(129)88(27)28)74-102(70-94)130-117(89(29)30)57-40-58-118(130)90(31)32/h33-90H,1-32H3. The molecule has 4 heteroatoms. The molecule has 0 bridgehead atoms. The summed E-state index contributed by atoms with van der Waals surface area (Å²) in [5, 5.41) is 0. The van der Waals surface area contributed by atoms with Gasteiger partial charge in [-0.05, 0) is 0 Å². The maximum atomic E-state index is 2.65. The van der Waals surface area contributed by atoms with Crippen LogP contribution in [0.2, 0.25) is 0 Å². The van der Waals surface area contributed by atoms with E-state index in [-0.39, 0.29) is 48.9 Å². The average Bonchev–Trinajstić information content (AvgIpc) is 0.744. The van der Waals surface area contributed by atoms with Crippen LogP contribution in [0.4, 0.5) is 0 Å². The molecule has 0 spiro atoms. The molecule has 0 radical (unpaired) electrons. The molecule has 0 aliphatic heterocycles. The third-order valence-corrected chi connectivity index (χ3v) is 64.4. The molecule has 0 aromatic heterocycles. The summed E-state index contributed by atoms with van der Waals surface area (Å²) in [5.74, 6) is 4.88. The van der Waals surface area contributed by atoms with E-state index in [9.17, 15) is 0 Å². The Morgan fingerprint density at radius 1 is 0.125 bits per heavy atom. The summed E-state index contributed by atoms with van der Waals surface area (Å²) in [6.07, 6.45) is 0. The summed E-state index contributed by atoms with van der Waals surface area (Å²) in [5.41, 5.74) is 54.8. The normalized spacial score (nSPS) is 12.3. The number of rotatable bonds is 33. The van der Waals surface area contributed by atoms with Gasteiger partial charge in [-0.2, -0.15) is 0 Å². The molecule has 0 nitrogen and oxygen atoms in total. The Morgan fingerprint density at radius 3 is 0.324 bits per heavy atom. The van der Waals surface area contributed by atoms with E-state index < -0.39 is 0 Å². The fourth-order valence-electron chi connectivity index (χ4n) is 21.6. The molecular weight excluding hydrogens is 1900 g/mol. The molecule has 14 aromatic rings. The minimum atomic E-state index is 0.00123. The van der Waals surface area contributed by atoms with Crippen LogP contribution >= 0.6 is 0 Å². The molecule has 0 saturated heterocycles. The third kappa shape index (κ3) is 21.7. The second kappa shape index (κ2) is 44.3. The van der Waals surface area contributed by atoms with E-state index >= 15 is 0 Å². The summed E-state index contributed by atoms with van der Waals surface area (Å²) in [6, 6.07) is 104. The SMILES string of the molecule is CC(C)c1cccc(C(C)C)c1-c1cc(-c2cccc(-c3cc(-c4c(C(C)C)cccc4C(C)C)cc(-c4c(C(C)C)cccc4C(C)C)c3)c2[Se][Se][Se][Se]c2c(-c3cc(-c4c(C(C)C)cccc4C(C)C)cc(-c4c(C(C)C)cccc4C(C)C)c3)cccc2-c2cc(-c3c(C(C)C)cccc3C(C)C)cc(-c3c(C(C)C)cccc3C(C)C)c2)cc(-c2c(C(C)C)cccc2C(C)C)c1. The maximum absolute atomic E-state index is 2.65. The Kier molecular flexibility index (Phi) is 33.6. The molecule has 0 fully saturated rings. The van der Waals surface area contributed by atoms with Crippen molar-refractivity contribution in [3.05, 3.63) is 344 Å². The van der Waals surface area contributed by atoms with E-state index in [1.807, 2.05) is 0 Å². The first-order valence-electron chi connectivity index (χ1n) is 51.4. The molecule has 0 N–H and O–H groups in total. The predicted molar refractivity (Wildman–Crippen MR) is 606 cm³/mol. The average molecular weight is 2060 g/mol. The van der Waals surface area contributed by atoms with Gasteiger partial charge in [0.05, 0.1) is 0 Å². The van der Waals surface area contributed by atoms with Crippen LogP contribution in [0.5, 0.6) is 0 Å². The topological polar surface area (TPSA) is 0 Å². The van der Waals surface area contributed by atoms with Crippen molar-refractivity contribution in [3.8, 4) is 134 Å². The van der Waals surface area contributed by atoms with E-state index in [2.05, 4.69) is 476 Å². The Balaban J connectivity index is 1.11. The number of benzene rings is 14. The van der Waals surface area contributed by atoms with E-state index in [4.69, 9.17) is 0 Å². The molecule has 0 aliphatic rings. The van der Waals surface area contributed by atoms with Crippen LogP contribution in [-0.2, 0) is 0 Å². The van der Waals surface area contributed by atoms with Gasteiger partial charge in [0.15, 0.2) is 0 Å². The molecule has 14 rings (SSSR count). The molecular formula is C132H154Se4. The molecule has 14 aromatic carbocycles. The molecule has 0 aliphatic carbocycles. The zero-order valence-corrected chi connectivity index (χ0v) is 95.0. The van der Waals surface area contributed by atoms with Crippen LogP contribution in [0.1, 0.15) is 405 Å². The summed E-state index contributed by atoms with van der Waals surface area (Å²) in [6.45, 7) is 77.0. The van der Waals surface area contributed by atoms with Crippen LogP contribution in [0, 0.1) is 0 Å². The van der Waals surface area contributed by atoms with Gasteiger partial charge in [-0.1, -0.05) is 0 Å². The van der Waals surface area contributed by atoms with E-state index in [1.165, 1.54) is 231 Å². The van der Waals surface area contributed by atoms with Crippen molar-refractivity contribution in [1.29, 1.82) is 0 Å². The second-order valence-electron chi connectivity index (χ2n) is 43.8. The Bertz CT molecular complexity index is 5310. The minimum absolute atomic E-state index is 0.00123. The second-order valence-corrected chi connectivity index (χ2v) is 68.8. The van der Waals surface area contributed by atoms with Gasteiger partial charge in [-0.3, -0.25) is 0 Å². The van der Waals surface area contributed by atoms with Crippen molar-refractivity contribution in [2.45, 2.75) is 316 Å². The molecule has 0 amide bonds. The van der Waals surface area contributed by atoms with Crippen LogP contribution in [-0.4, -0.2) is 48.9 Å². The van der Waals surface area contributed by atoms with Crippen LogP contribution in [0.15, 0.2) is 255 Å². The van der Waals surface area contributed by atoms with Crippen molar-refractivity contribution < 1.29 is 0 Å². The van der Waals surface area contributed by atoms with Crippen molar-refractivity contribution in [2.24, 2.45) is 0 Å². The first-order valence-corrected chi connectivity index (χ1v) is 66.1. The molecule has 706 valence electrons. The Hall–Kier alpha value is -8.84. The predicted octanol–water partition coefficient (Wildman–Crippen LogP) is 38.2. The first kappa shape index (κ1) is 103. The molecule has 0 heterocycles. The zero-order chi connectivity index (χ0) is 98.0. The molecule has 0 saturated carbocycles. The Labute approximate surface area is 843 Å². The van der Waals surface area contributed by atoms with Crippen molar-refractivity contribution in [3.63, 3.8) is 0 Å². The van der Waals surface area contributed by atoms with Gasteiger partial charge in [0.25, 0.3) is 0 Å². The van der Waals surface area contributed by atoms with Gasteiger partial charge in [0, 0.05) is 0 Å². The van der Waals surface area contributed by atoms with Crippen LogP contribution in [0.25, 0.3) is 134 Å². The quantitative estimate of drug-likeness (QED) is 0.0284. The van der Waals surface area contributed by atoms with Crippen LogP contribution < -0.4 is 8.92 Å². The third-order valence-electron chi connectivity index (χ3n) is 28.6. The summed E-state index contributed by atoms with van der Waals surface area (Å²) in [7, 11) is 0. The van der Waals surface area contributed by atoms with Gasteiger partial charge in [-0.25, -0.2) is 0 Å². The monoisotopic (exact) mass is 2060 g/mol. The van der Waals surface area contributed by atoms with Gasteiger partial charge in [0.1, 0.15) is 0 Å². The van der Waals surface area contributed by atoms with Gasteiger partial charge in [-0.15, -0.1) is 0 Å². The van der Waals surface area contributed by atoms with Crippen molar-refractivity contribution in [2.75, 3.05) is 0 Å².